The van der Waals surface area contributed by atoms with Crippen LogP contribution in [0.15, 0.2) is 53.5 Å². The first-order valence-corrected chi connectivity index (χ1v) is 7.49. The van der Waals surface area contributed by atoms with Crippen LogP contribution in [0.25, 0.3) is 0 Å². The lowest BCUT2D eigenvalue weighted by molar-refractivity contribution is 0.0697. The zero-order chi connectivity index (χ0) is 16.4. The van der Waals surface area contributed by atoms with Crippen LogP contribution in [0.2, 0.25) is 0 Å². The number of nitrogens with one attached hydrogen (secondary N) is 1. The molecular weight excluding hydrogens is 310 g/mol. The number of aryl methyl sites for hydroxylation is 1. The fraction of sp³-hybridized carbons (Fsp3) is 0.118. The van der Waals surface area contributed by atoms with Crippen molar-refractivity contribution in [2.75, 3.05) is 11.6 Å². The molecule has 0 aliphatic carbocycles. The number of aromatic carboxylic acids is 1. The van der Waals surface area contributed by atoms with Gasteiger partial charge < -0.3 is 10.4 Å². The third-order valence-corrected chi connectivity index (χ3v) is 3.91. The Labute approximate surface area is 139 Å². The average molecular weight is 325 g/mol. The standard InChI is InChI=1S/C17H15N3O2S/c1-11-2-4-12(5-3-11)15-18-10-20(17(23)19-15)14-8-6-13(7-9-14)16(21)22/h2-9H,10H2,1H3,(H,21,22)(H,18,19,23). The van der Waals surface area contributed by atoms with E-state index < -0.39 is 5.97 Å². The highest BCUT2D eigenvalue weighted by Crippen LogP contribution is 2.18. The highest BCUT2D eigenvalue weighted by molar-refractivity contribution is 7.80. The number of rotatable bonds is 3. The van der Waals surface area contributed by atoms with Gasteiger partial charge in [0.25, 0.3) is 0 Å². The van der Waals surface area contributed by atoms with E-state index in [9.17, 15) is 4.79 Å². The summed E-state index contributed by atoms with van der Waals surface area (Å²) >= 11 is 5.41. The molecule has 5 nitrogen and oxygen atoms in total. The number of benzene rings is 2. The quantitative estimate of drug-likeness (QED) is 0.850. The Bertz CT molecular complexity index is 782. The minimum atomic E-state index is -0.949. The minimum Gasteiger partial charge on any atom is -0.478 e. The van der Waals surface area contributed by atoms with Gasteiger partial charge >= 0.3 is 5.97 Å². The molecule has 6 heteroatoms. The van der Waals surface area contributed by atoms with E-state index >= 15 is 0 Å². The van der Waals surface area contributed by atoms with Gasteiger partial charge in [-0.15, -0.1) is 0 Å². The molecule has 3 rings (SSSR count). The Morgan fingerprint density at radius 3 is 2.39 bits per heavy atom. The molecule has 0 spiro atoms. The summed E-state index contributed by atoms with van der Waals surface area (Å²) in [5.74, 6) is -0.205. The van der Waals surface area contributed by atoms with E-state index in [0.29, 0.717) is 11.8 Å². The lowest BCUT2D eigenvalue weighted by Gasteiger charge is -2.29. The van der Waals surface area contributed by atoms with Crippen LogP contribution in [0, 0.1) is 6.92 Å². The number of hydrogen-bond donors (Lipinski definition) is 2. The van der Waals surface area contributed by atoms with Crippen LogP contribution >= 0.6 is 12.2 Å². The molecule has 0 amide bonds. The largest absolute Gasteiger partial charge is 0.478 e. The van der Waals surface area contributed by atoms with Crippen molar-refractivity contribution < 1.29 is 9.90 Å². The summed E-state index contributed by atoms with van der Waals surface area (Å²) in [6, 6.07) is 14.6. The van der Waals surface area contributed by atoms with Gasteiger partial charge in [0, 0.05) is 11.3 Å². The van der Waals surface area contributed by atoms with Crippen LogP contribution in [-0.4, -0.2) is 28.7 Å². The van der Waals surface area contributed by atoms with Gasteiger partial charge in [0.1, 0.15) is 12.5 Å². The fourth-order valence-electron chi connectivity index (χ4n) is 2.27. The number of carbonyl (C=O) groups is 1. The molecule has 0 saturated heterocycles. The van der Waals surface area contributed by atoms with Crippen LogP contribution < -0.4 is 10.2 Å². The molecule has 1 aliphatic heterocycles. The molecule has 0 radical (unpaired) electrons. The highest BCUT2D eigenvalue weighted by atomic mass is 32.1. The van der Waals surface area contributed by atoms with E-state index in [-0.39, 0.29) is 5.56 Å². The molecule has 0 unspecified atom stereocenters. The molecule has 0 fully saturated rings. The van der Waals surface area contributed by atoms with Crippen molar-refractivity contribution in [2.45, 2.75) is 6.92 Å². The third-order valence-electron chi connectivity index (χ3n) is 3.59. The number of carboxylic acids is 1. The highest BCUT2D eigenvalue weighted by Gasteiger charge is 2.19. The number of anilines is 1. The monoisotopic (exact) mass is 325 g/mol. The molecule has 1 heterocycles. The molecule has 1 aliphatic rings. The maximum Gasteiger partial charge on any atom is 0.335 e. The predicted molar refractivity (Wildman–Crippen MR) is 94.2 cm³/mol. The van der Waals surface area contributed by atoms with Crippen molar-refractivity contribution in [3.63, 3.8) is 0 Å². The van der Waals surface area contributed by atoms with Gasteiger partial charge in [0.15, 0.2) is 5.11 Å². The second kappa shape index (κ2) is 6.18. The Morgan fingerprint density at radius 2 is 1.83 bits per heavy atom. The Kier molecular flexibility index (Phi) is 4.08. The smallest absolute Gasteiger partial charge is 0.335 e. The fourth-order valence-corrected chi connectivity index (χ4v) is 2.53. The summed E-state index contributed by atoms with van der Waals surface area (Å²) in [6.45, 7) is 2.43. The van der Waals surface area contributed by atoms with Crippen LogP contribution in [-0.2, 0) is 0 Å². The average Bonchev–Trinajstić information content (AvgIpc) is 2.55. The first kappa shape index (κ1) is 15.2. The van der Waals surface area contributed by atoms with Gasteiger partial charge in [0.05, 0.1) is 5.56 Å². The summed E-state index contributed by atoms with van der Waals surface area (Å²) in [4.78, 5) is 17.2. The molecule has 0 atom stereocenters. The van der Waals surface area contributed by atoms with Gasteiger partial charge in [-0.3, -0.25) is 4.90 Å². The number of nitrogens with zero attached hydrogens (tertiary/aromatic N) is 2. The van der Waals surface area contributed by atoms with E-state index in [1.807, 2.05) is 36.1 Å². The zero-order valence-corrected chi connectivity index (χ0v) is 13.3. The van der Waals surface area contributed by atoms with Crippen molar-refractivity contribution >= 4 is 34.8 Å². The first-order chi connectivity index (χ1) is 11.0. The maximum absolute atomic E-state index is 10.9. The number of carboxylic acid groups (broad SMARTS) is 1. The molecule has 2 aromatic rings. The topological polar surface area (TPSA) is 64.9 Å². The van der Waals surface area contributed by atoms with Crippen molar-refractivity contribution in [3.8, 4) is 0 Å². The Morgan fingerprint density at radius 1 is 1.17 bits per heavy atom. The summed E-state index contributed by atoms with van der Waals surface area (Å²) < 4.78 is 0. The third kappa shape index (κ3) is 3.22. The van der Waals surface area contributed by atoms with E-state index in [2.05, 4.69) is 10.3 Å². The van der Waals surface area contributed by atoms with Gasteiger partial charge in [-0.1, -0.05) is 29.8 Å². The van der Waals surface area contributed by atoms with Crippen molar-refractivity contribution in [1.82, 2.24) is 5.32 Å². The lowest BCUT2D eigenvalue weighted by Crippen LogP contribution is -2.47. The summed E-state index contributed by atoms with van der Waals surface area (Å²) in [7, 11) is 0. The molecule has 116 valence electrons. The Hall–Kier alpha value is -2.73. The normalized spacial score (nSPS) is 14.2. The molecular formula is C17H15N3O2S. The lowest BCUT2D eigenvalue weighted by atomic mass is 10.1. The van der Waals surface area contributed by atoms with E-state index in [4.69, 9.17) is 17.3 Å². The maximum atomic E-state index is 10.9. The van der Waals surface area contributed by atoms with Crippen LogP contribution in [0.3, 0.4) is 0 Å². The Balaban J connectivity index is 1.81. The van der Waals surface area contributed by atoms with E-state index in [1.165, 1.54) is 5.56 Å². The van der Waals surface area contributed by atoms with Crippen LogP contribution in [0.5, 0.6) is 0 Å². The molecule has 0 bridgehead atoms. The molecule has 0 saturated carbocycles. The van der Waals surface area contributed by atoms with Gasteiger partial charge in [-0.25, -0.2) is 9.79 Å². The predicted octanol–water partition coefficient (Wildman–Crippen LogP) is 2.79. The van der Waals surface area contributed by atoms with E-state index in [1.54, 1.807) is 24.3 Å². The van der Waals surface area contributed by atoms with Crippen LogP contribution in [0.1, 0.15) is 21.5 Å². The zero-order valence-electron chi connectivity index (χ0n) is 12.5. The van der Waals surface area contributed by atoms with Gasteiger partial charge in [-0.05, 0) is 43.4 Å². The SMILES string of the molecule is Cc1ccc(C2=NCN(c3ccc(C(=O)O)cc3)C(=S)N2)cc1. The second-order valence-electron chi connectivity index (χ2n) is 5.22. The second-order valence-corrected chi connectivity index (χ2v) is 5.61. The molecule has 2 aromatic carbocycles. The number of thiocarbonyl (C=S) groups is 1. The number of aliphatic imine (C=N–C) groups is 1. The summed E-state index contributed by atoms with van der Waals surface area (Å²) in [6.07, 6.45) is 0. The van der Waals surface area contributed by atoms with Crippen molar-refractivity contribution in [3.05, 3.63) is 65.2 Å². The van der Waals surface area contributed by atoms with Gasteiger partial charge in [0.2, 0.25) is 0 Å². The number of amidine groups is 1. The minimum absolute atomic E-state index is 0.244. The summed E-state index contributed by atoms with van der Waals surface area (Å²) in [5.41, 5.74) is 3.22. The number of hydrogen-bond acceptors (Lipinski definition) is 3. The molecule has 0 aromatic heterocycles. The summed E-state index contributed by atoms with van der Waals surface area (Å²) in [5, 5.41) is 12.6. The first-order valence-electron chi connectivity index (χ1n) is 7.08. The van der Waals surface area contributed by atoms with E-state index in [0.717, 1.165) is 17.1 Å². The molecule has 2 N–H and O–H groups in total. The van der Waals surface area contributed by atoms with Gasteiger partial charge in [-0.2, -0.15) is 0 Å². The van der Waals surface area contributed by atoms with Crippen molar-refractivity contribution in [1.29, 1.82) is 0 Å². The molecule has 23 heavy (non-hydrogen) atoms. The van der Waals surface area contributed by atoms with Crippen LogP contribution in [0.4, 0.5) is 5.69 Å². The van der Waals surface area contributed by atoms with Crippen molar-refractivity contribution in [2.24, 2.45) is 4.99 Å².